The summed E-state index contributed by atoms with van der Waals surface area (Å²) in [6.07, 6.45) is 4.12. The van der Waals surface area contributed by atoms with Crippen molar-refractivity contribution >= 4 is 23.5 Å². The van der Waals surface area contributed by atoms with E-state index in [1.807, 2.05) is 0 Å². The minimum absolute atomic E-state index is 0.0208. The van der Waals surface area contributed by atoms with E-state index in [0.717, 1.165) is 38.5 Å². The predicted molar refractivity (Wildman–Crippen MR) is 115 cm³/mol. The smallest absolute Gasteiger partial charge is 0.323 e. The second-order valence-corrected chi connectivity index (χ2v) is 8.65. The van der Waals surface area contributed by atoms with Gasteiger partial charge in [-0.25, -0.2) is 4.79 Å². The summed E-state index contributed by atoms with van der Waals surface area (Å²) in [5, 5.41) is 5.89. The van der Waals surface area contributed by atoms with Crippen LogP contribution in [0, 0.1) is 5.92 Å². The molecular formula is C22H31N5O4. The van der Waals surface area contributed by atoms with E-state index in [1.165, 1.54) is 4.90 Å². The van der Waals surface area contributed by atoms with Crippen LogP contribution < -0.4 is 21.1 Å². The molecule has 9 heteroatoms. The maximum Gasteiger partial charge on any atom is 0.323 e. The molecule has 1 unspecified atom stereocenters. The van der Waals surface area contributed by atoms with Crippen molar-refractivity contribution in [3.05, 3.63) is 24.3 Å². The van der Waals surface area contributed by atoms with Gasteiger partial charge in [0.2, 0.25) is 5.91 Å². The van der Waals surface area contributed by atoms with E-state index in [-0.39, 0.29) is 29.8 Å². The lowest BCUT2D eigenvalue weighted by Gasteiger charge is -2.32. The average molecular weight is 430 g/mol. The van der Waals surface area contributed by atoms with Crippen LogP contribution in [-0.4, -0.2) is 66.1 Å². The van der Waals surface area contributed by atoms with Crippen molar-refractivity contribution in [3.8, 4) is 5.75 Å². The number of methoxy groups -OCH3 is 1. The second kappa shape index (κ2) is 9.13. The van der Waals surface area contributed by atoms with Crippen LogP contribution in [0.2, 0.25) is 0 Å². The second-order valence-electron chi connectivity index (χ2n) is 8.65. The first-order valence-electron chi connectivity index (χ1n) is 11.0. The fourth-order valence-electron chi connectivity index (χ4n) is 4.33. The Labute approximate surface area is 182 Å². The van der Waals surface area contributed by atoms with Gasteiger partial charge in [-0.1, -0.05) is 0 Å². The zero-order valence-electron chi connectivity index (χ0n) is 17.9. The minimum atomic E-state index is -0.929. The zero-order valence-corrected chi connectivity index (χ0v) is 17.9. The maximum absolute atomic E-state index is 13.2. The summed E-state index contributed by atoms with van der Waals surface area (Å²) >= 11 is 0. The van der Waals surface area contributed by atoms with Gasteiger partial charge in [0.1, 0.15) is 5.75 Å². The molecule has 3 fully saturated rings. The lowest BCUT2D eigenvalue weighted by atomic mass is 9.92. The third-order valence-electron chi connectivity index (χ3n) is 6.34. The van der Waals surface area contributed by atoms with Crippen LogP contribution in [0.25, 0.3) is 0 Å². The number of nitrogens with two attached hydrogens (primary N) is 1. The fourth-order valence-corrected chi connectivity index (χ4v) is 4.33. The zero-order chi connectivity index (χ0) is 22.0. The van der Waals surface area contributed by atoms with Crippen LogP contribution in [0.5, 0.6) is 5.75 Å². The molecule has 1 saturated heterocycles. The number of benzene rings is 1. The van der Waals surface area contributed by atoms with Gasteiger partial charge in [0.15, 0.2) is 6.17 Å². The summed E-state index contributed by atoms with van der Waals surface area (Å²) in [7, 11) is 1.58. The van der Waals surface area contributed by atoms with Gasteiger partial charge in [-0.05, 0) is 62.8 Å². The summed E-state index contributed by atoms with van der Waals surface area (Å²) in [6.45, 7) is 0.674. The first-order chi connectivity index (χ1) is 15.0. The highest BCUT2D eigenvalue weighted by Gasteiger charge is 2.46. The van der Waals surface area contributed by atoms with E-state index >= 15 is 0 Å². The molecule has 0 radical (unpaired) electrons. The molecule has 4 N–H and O–H groups in total. The number of nitrogens with zero attached hydrogens (tertiary/aromatic N) is 2. The quantitative estimate of drug-likeness (QED) is 0.656. The van der Waals surface area contributed by atoms with E-state index in [1.54, 1.807) is 36.3 Å². The van der Waals surface area contributed by atoms with Crippen LogP contribution in [0.1, 0.15) is 38.5 Å². The van der Waals surface area contributed by atoms with Gasteiger partial charge in [0, 0.05) is 36.8 Å². The molecule has 1 aromatic carbocycles. The molecule has 2 saturated carbocycles. The number of amides is 4. The Morgan fingerprint density at radius 3 is 2.23 bits per heavy atom. The standard InChI is InChI=1S/C22H31N5O4/c1-31-18-10-8-17(9-11-18)25-22(30)27-13-12-26(21(29)14-2-3-14)20(27)19(28)24-16-6-4-15(23)5-7-16/h8-11,14-16,20H,2-7,12-13,23H2,1H3,(H,24,28)(H,25,30). The summed E-state index contributed by atoms with van der Waals surface area (Å²) in [5.74, 6) is 0.333. The number of anilines is 1. The molecular weight excluding hydrogens is 398 g/mol. The van der Waals surface area contributed by atoms with Crippen LogP contribution >= 0.6 is 0 Å². The highest BCUT2D eigenvalue weighted by atomic mass is 16.5. The van der Waals surface area contributed by atoms with Crippen molar-refractivity contribution < 1.29 is 19.1 Å². The number of ether oxygens (including phenoxy) is 1. The van der Waals surface area contributed by atoms with Crippen LogP contribution in [0.3, 0.4) is 0 Å². The molecule has 2 aliphatic carbocycles. The molecule has 31 heavy (non-hydrogen) atoms. The first-order valence-corrected chi connectivity index (χ1v) is 11.0. The molecule has 1 atom stereocenters. The van der Waals surface area contributed by atoms with Gasteiger partial charge < -0.3 is 26.0 Å². The van der Waals surface area contributed by atoms with Crippen molar-refractivity contribution in [2.24, 2.45) is 11.7 Å². The Balaban J connectivity index is 1.46. The van der Waals surface area contributed by atoms with Crippen molar-refractivity contribution in [3.63, 3.8) is 0 Å². The number of nitrogens with one attached hydrogen (secondary N) is 2. The number of urea groups is 1. The summed E-state index contributed by atoms with van der Waals surface area (Å²) < 4.78 is 5.14. The molecule has 4 amide bonds. The van der Waals surface area contributed by atoms with E-state index in [4.69, 9.17) is 10.5 Å². The molecule has 1 heterocycles. The molecule has 4 rings (SSSR count). The van der Waals surface area contributed by atoms with Crippen molar-refractivity contribution in [1.29, 1.82) is 0 Å². The third kappa shape index (κ3) is 4.92. The first kappa shape index (κ1) is 21.4. The predicted octanol–water partition coefficient (Wildman–Crippen LogP) is 1.49. The molecule has 0 spiro atoms. The lowest BCUT2D eigenvalue weighted by Crippen LogP contribution is -2.57. The Morgan fingerprint density at radius 1 is 0.968 bits per heavy atom. The highest BCUT2D eigenvalue weighted by molar-refractivity contribution is 5.96. The normalized spacial score (nSPS) is 25.8. The molecule has 9 nitrogen and oxygen atoms in total. The Morgan fingerprint density at radius 2 is 1.61 bits per heavy atom. The summed E-state index contributed by atoms with van der Waals surface area (Å²) in [6, 6.07) is 6.78. The monoisotopic (exact) mass is 429 g/mol. The van der Waals surface area contributed by atoms with Crippen LogP contribution in [-0.2, 0) is 9.59 Å². The topological polar surface area (TPSA) is 117 Å². The van der Waals surface area contributed by atoms with E-state index in [9.17, 15) is 14.4 Å². The Hall–Kier alpha value is -2.81. The summed E-state index contributed by atoms with van der Waals surface area (Å²) in [4.78, 5) is 42.1. The molecule has 1 aliphatic heterocycles. The van der Waals surface area contributed by atoms with E-state index < -0.39 is 12.2 Å². The summed E-state index contributed by atoms with van der Waals surface area (Å²) in [5.41, 5.74) is 6.57. The van der Waals surface area contributed by atoms with E-state index in [0.29, 0.717) is 24.5 Å². The van der Waals surface area contributed by atoms with E-state index in [2.05, 4.69) is 10.6 Å². The number of carbonyl (C=O) groups is 3. The van der Waals surface area contributed by atoms with Gasteiger partial charge in [-0.15, -0.1) is 0 Å². The Bertz CT molecular complexity index is 818. The fraction of sp³-hybridized carbons (Fsp3) is 0.591. The van der Waals surface area contributed by atoms with Crippen LogP contribution in [0.15, 0.2) is 24.3 Å². The largest absolute Gasteiger partial charge is 0.497 e. The van der Waals surface area contributed by atoms with Crippen molar-refractivity contribution in [2.45, 2.75) is 56.8 Å². The average Bonchev–Trinajstić information content (AvgIpc) is 3.53. The molecule has 168 valence electrons. The SMILES string of the molecule is COc1ccc(NC(=O)N2CCN(C(=O)C3CC3)C2C(=O)NC2CCC(N)CC2)cc1. The molecule has 1 aromatic rings. The highest BCUT2D eigenvalue weighted by Crippen LogP contribution is 2.33. The van der Waals surface area contributed by atoms with Gasteiger partial charge >= 0.3 is 6.03 Å². The number of hydrogen-bond donors (Lipinski definition) is 3. The Kier molecular flexibility index (Phi) is 6.31. The minimum Gasteiger partial charge on any atom is -0.497 e. The van der Waals surface area contributed by atoms with Crippen molar-refractivity contribution in [2.75, 3.05) is 25.5 Å². The van der Waals surface area contributed by atoms with Gasteiger partial charge in [0.25, 0.3) is 5.91 Å². The van der Waals surface area contributed by atoms with Gasteiger partial charge in [-0.2, -0.15) is 0 Å². The molecule has 3 aliphatic rings. The number of rotatable bonds is 5. The van der Waals surface area contributed by atoms with Gasteiger partial charge in [0.05, 0.1) is 7.11 Å². The van der Waals surface area contributed by atoms with Crippen LogP contribution in [0.4, 0.5) is 10.5 Å². The molecule has 0 aromatic heterocycles. The van der Waals surface area contributed by atoms with Crippen molar-refractivity contribution in [1.82, 2.24) is 15.1 Å². The number of carbonyl (C=O) groups excluding carboxylic acids is 3. The number of hydrogen-bond acceptors (Lipinski definition) is 5. The lowest BCUT2D eigenvalue weighted by molar-refractivity contribution is -0.142. The molecule has 0 bridgehead atoms. The maximum atomic E-state index is 13.2. The van der Waals surface area contributed by atoms with Gasteiger partial charge in [-0.3, -0.25) is 14.5 Å². The third-order valence-corrected chi connectivity index (χ3v) is 6.34.